The topological polar surface area (TPSA) is 79.3 Å². The van der Waals surface area contributed by atoms with Crippen molar-refractivity contribution in [2.75, 3.05) is 24.2 Å². The molecule has 0 radical (unpaired) electrons. The number of benzene rings is 1. The van der Waals surface area contributed by atoms with Crippen molar-refractivity contribution < 1.29 is 9.59 Å². The van der Waals surface area contributed by atoms with Crippen molar-refractivity contribution in [3.63, 3.8) is 0 Å². The van der Waals surface area contributed by atoms with E-state index in [1.54, 1.807) is 30.3 Å². The maximum atomic E-state index is 12.8. The van der Waals surface area contributed by atoms with Gasteiger partial charge in [-0.05, 0) is 42.1 Å². The molecule has 0 fully saturated rings. The third kappa shape index (κ3) is 3.78. The minimum absolute atomic E-state index is 0.0591. The standard InChI is InChI=1S/C23H25N5O2/c1-15(20-13-17-6-4-5-7-19(17)28(20)3)27(2)22(30)9-8-16-12-18-23(25-14-16)26-21(29)10-11-24-18/h4-9,12-15,24H,10-11H2,1-3H3,(H,25,26,29)/t15-/m1/s1. The fraction of sp³-hybridized carbons (Fsp3) is 0.261. The molecule has 2 aromatic heterocycles. The number of aromatic nitrogens is 2. The third-order valence-corrected chi connectivity index (χ3v) is 5.60. The van der Waals surface area contributed by atoms with E-state index in [0.717, 1.165) is 27.8 Å². The van der Waals surface area contributed by atoms with Gasteiger partial charge in [-0.25, -0.2) is 4.98 Å². The normalized spacial score (nSPS) is 14.7. The number of rotatable bonds is 4. The van der Waals surface area contributed by atoms with Crippen LogP contribution in [-0.2, 0) is 16.6 Å². The Morgan fingerprint density at radius 3 is 2.90 bits per heavy atom. The Bertz CT molecular complexity index is 1150. The molecular formula is C23H25N5O2. The van der Waals surface area contributed by atoms with Crippen molar-refractivity contribution >= 4 is 40.3 Å². The smallest absolute Gasteiger partial charge is 0.246 e. The van der Waals surface area contributed by atoms with Crippen LogP contribution >= 0.6 is 0 Å². The zero-order valence-corrected chi connectivity index (χ0v) is 17.3. The predicted octanol–water partition coefficient (Wildman–Crippen LogP) is 3.56. The van der Waals surface area contributed by atoms with Crippen LogP contribution in [0.2, 0.25) is 0 Å². The number of carbonyl (C=O) groups excluding carboxylic acids is 2. The van der Waals surface area contributed by atoms with E-state index in [2.05, 4.69) is 38.4 Å². The summed E-state index contributed by atoms with van der Waals surface area (Å²) in [6, 6.07) is 12.1. The van der Waals surface area contributed by atoms with Crippen molar-refractivity contribution in [1.82, 2.24) is 14.5 Å². The van der Waals surface area contributed by atoms with Gasteiger partial charge in [0.05, 0.1) is 11.7 Å². The maximum Gasteiger partial charge on any atom is 0.246 e. The lowest BCUT2D eigenvalue weighted by Crippen LogP contribution is -2.29. The Labute approximate surface area is 175 Å². The Hall–Kier alpha value is -3.61. The van der Waals surface area contributed by atoms with Gasteiger partial charge in [0, 0.05) is 50.5 Å². The van der Waals surface area contributed by atoms with Crippen LogP contribution in [0, 0.1) is 0 Å². The van der Waals surface area contributed by atoms with Crippen molar-refractivity contribution in [1.29, 1.82) is 0 Å². The first-order chi connectivity index (χ1) is 14.4. The number of carbonyl (C=O) groups is 2. The van der Waals surface area contributed by atoms with E-state index >= 15 is 0 Å². The molecule has 3 aromatic rings. The number of fused-ring (bicyclic) bond motifs is 2. The van der Waals surface area contributed by atoms with E-state index in [1.807, 2.05) is 32.2 Å². The monoisotopic (exact) mass is 403 g/mol. The van der Waals surface area contributed by atoms with Gasteiger partial charge in [0.2, 0.25) is 11.8 Å². The molecular weight excluding hydrogens is 378 g/mol. The summed E-state index contributed by atoms with van der Waals surface area (Å²) in [5.41, 5.74) is 3.77. The highest BCUT2D eigenvalue weighted by Gasteiger charge is 2.19. The molecule has 2 N–H and O–H groups in total. The summed E-state index contributed by atoms with van der Waals surface area (Å²) < 4.78 is 2.13. The van der Waals surface area contributed by atoms with Gasteiger partial charge in [-0.2, -0.15) is 0 Å². The van der Waals surface area contributed by atoms with Gasteiger partial charge in [0.25, 0.3) is 0 Å². The van der Waals surface area contributed by atoms with Crippen molar-refractivity contribution in [3.05, 3.63) is 59.9 Å². The highest BCUT2D eigenvalue weighted by Crippen LogP contribution is 2.27. The summed E-state index contributed by atoms with van der Waals surface area (Å²) in [4.78, 5) is 30.4. The van der Waals surface area contributed by atoms with Gasteiger partial charge in [-0.3, -0.25) is 9.59 Å². The van der Waals surface area contributed by atoms with E-state index in [-0.39, 0.29) is 17.9 Å². The average Bonchev–Trinajstić information content (AvgIpc) is 2.96. The van der Waals surface area contributed by atoms with Gasteiger partial charge in [0.1, 0.15) is 0 Å². The number of anilines is 2. The van der Waals surface area contributed by atoms with Crippen molar-refractivity contribution in [2.45, 2.75) is 19.4 Å². The quantitative estimate of drug-likeness (QED) is 0.653. The molecule has 0 saturated carbocycles. The summed E-state index contributed by atoms with van der Waals surface area (Å²) in [6.45, 7) is 2.58. The second-order valence-electron chi connectivity index (χ2n) is 7.54. The second kappa shape index (κ2) is 8.02. The van der Waals surface area contributed by atoms with Gasteiger partial charge < -0.3 is 20.1 Å². The van der Waals surface area contributed by atoms with E-state index < -0.39 is 0 Å². The molecule has 30 heavy (non-hydrogen) atoms. The Kier molecular flexibility index (Phi) is 5.27. The van der Waals surface area contributed by atoms with Crippen LogP contribution in [0.1, 0.15) is 30.6 Å². The maximum absolute atomic E-state index is 12.8. The molecule has 1 aromatic carbocycles. The molecule has 1 aliphatic heterocycles. The van der Waals surface area contributed by atoms with Gasteiger partial charge in [-0.15, -0.1) is 0 Å². The summed E-state index contributed by atoms with van der Waals surface area (Å²) in [7, 11) is 3.83. The number of pyridine rings is 1. The molecule has 0 aliphatic carbocycles. The summed E-state index contributed by atoms with van der Waals surface area (Å²) in [6.07, 6.45) is 5.34. The predicted molar refractivity (Wildman–Crippen MR) is 119 cm³/mol. The van der Waals surface area contributed by atoms with Crippen LogP contribution in [0.25, 0.3) is 17.0 Å². The molecule has 4 rings (SSSR count). The molecule has 3 heterocycles. The Balaban J connectivity index is 1.50. The minimum Gasteiger partial charge on any atom is -0.382 e. The number of hydrogen-bond donors (Lipinski definition) is 2. The van der Waals surface area contributed by atoms with Crippen LogP contribution in [0.4, 0.5) is 11.5 Å². The van der Waals surface area contributed by atoms with Crippen molar-refractivity contribution in [2.24, 2.45) is 7.05 Å². The largest absolute Gasteiger partial charge is 0.382 e. The summed E-state index contributed by atoms with van der Waals surface area (Å²) >= 11 is 0. The van der Waals surface area contributed by atoms with Gasteiger partial charge in [0.15, 0.2) is 5.82 Å². The fourth-order valence-electron chi connectivity index (χ4n) is 3.70. The minimum atomic E-state index is -0.0936. The molecule has 0 unspecified atom stereocenters. The number of nitrogens with one attached hydrogen (secondary N) is 2. The number of amides is 2. The lowest BCUT2D eigenvalue weighted by atomic mass is 10.2. The van der Waals surface area contributed by atoms with E-state index in [1.165, 1.54) is 0 Å². The molecule has 1 aliphatic rings. The first-order valence-corrected chi connectivity index (χ1v) is 9.97. The number of likely N-dealkylation sites (N-methyl/N-ethyl adjacent to an activating group) is 1. The number of nitrogens with zero attached hydrogens (tertiary/aromatic N) is 3. The van der Waals surface area contributed by atoms with Crippen LogP contribution in [0.3, 0.4) is 0 Å². The molecule has 0 bridgehead atoms. The zero-order chi connectivity index (χ0) is 21.3. The number of hydrogen-bond acceptors (Lipinski definition) is 4. The third-order valence-electron chi connectivity index (χ3n) is 5.60. The van der Waals surface area contributed by atoms with Crippen molar-refractivity contribution in [3.8, 4) is 0 Å². The molecule has 0 saturated heterocycles. The molecule has 154 valence electrons. The lowest BCUT2D eigenvalue weighted by Gasteiger charge is -2.24. The molecule has 0 spiro atoms. The van der Waals surface area contributed by atoms with E-state index in [4.69, 9.17) is 0 Å². The van der Waals surface area contributed by atoms with Crippen LogP contribution < -0.4 is 10.6 Å². The van der Waals surface area contributed by atoms with E-state index in [9.17, 15) is 9.59 Å². The fourth-order valence-corrected chi connectivity index (χ4v) is 3.70. The Morgan fingerprint density at radius 2 is 2.10 bits per heavy atom. The van der Waals surface area contributed by atoms with E-state index in [0.29, 0.717) is 18.8 Å². The molecule has 7 nitrogen and oxygen atoms in total. The summed E-state index contributed by atoms with van der Waals surface area (Å²) in [5, 5.41) is 7.12. The molecule has 1 atom stereocenters. The average molecular weight is 403 g/mol. The number of aryl methyl sites for hydroxylation is 1. The van der Waals surface area contributed by atoms with Crippen LogP contribution in [-0.4, -0.2) is 39.9 Å². The van der Waals surface area contributed by atoms with Gasteiger partial charge >= 0.3 is 0 Å². The molecule has 2 amide bonds. The second-order valence-corrected chi connectivity index (χ2v) is 7.54. The lowest BCUT2D eigenvalue weighted by molar-refractivity contribution is -0.126. The van der Waals surface area contributed by atoms with Crippen LogP contribution in [0.15, 0.2) is 48.7 Å². The SMILES string of the molecule is C[C@H](c1cc2ccccc2n1C)N(C)C(=O)C=Cc1cnc2c(c1)NCCC(=O)N2. The number of para-hydroxylation sites is 1. The van der Waals surface area contributed by atoms with Gasteiger partial charge in [-0.1, -0.05) is 18.2 Å². The Morgan fingerprint density at radius 1 is 1.30 bits per heavy atom. The van der Waals surface area contributed by atoms with Crippen LogP contribution in [0.5, 0.6) is 0 Å². The first-order valence-electron chi connectivity index (χ1n) is 9.97. The summed E-state index contributed by atoms with van der Waals surface area (Å²) in [5.74, 6) is 0.364. The first kappa shape index (κ1) is 19.7. The highest BCUT2D eigenvalue weighted by atomic mass is 16.2. The molecule has 7 heteroatoms. The zero-order valence-electron chi connectivity index (χ0n) is 17.3. The highest BCUT2D eigenvalue weighted by molar-refractivity contribution is 5.95.